The van der Waals surface area contributed by atoms with Crippen molar-refractivity contribution in [2.24, 2.45) is 5.92 Å². The largest absolute Gasteiger partial charge is 0.396 e. The molecular weight excluding hydrogens is 280 g/mol. The van der Waals surface area contributed by atoms with Crippen LogP contribution >= 0.6 is 0 Å². The van der Waals surface area contributed by atoms with E-state index >= 15 is 0 Å². The average Bonchev–Trinajstić information content (AvgIpc) is 2.47. The zero-order chi connectivity index (χ0) is 16.7. The van der Waals surface area contributed by atoms with Gasteiger partial charge in [0, 0.05) is 18.3 Å². The van der Waals surface area contributed by atoms with E-state index in [1.807, 2.05) is 26.0 Å². The summed E-state index contributed by atoms with van der Waals surface area (Å²) in [5, 5.41) is 14.2. The first kappa shape index (κ1) is 18.2. The molecule has 0 spiro atoms. The molecule has 1 atom stereocenters. The van der Waals surface area contributed by atoms with E-state index in [4.69, 9.17) is 5.11 Å². The van der Waals surface area contributed by atoms with Crippen LogP contribution in [0.15, 0.2) is 24.3 Å². The standard InChI is InChI=1S/C17H26N2O3/c1-11(2)13-5-7-14(8-6-13)18-16(21)17(22)19-15(9-10-20)12(3)4/h5-8,11-12,15,20H,9-10H2,1-4H3,(H,18,21)(H,19,22). The number of anilines is 1. The van der Waals surface area contributed by atoms with E-state index in [-0.39, 0.29) is 18.6 Å². The van der Waals surface area contributed by atoms with Crippen molar-refractivity contribution in [3.05, 3.63) is 29.8 Å². The van der Waals surface area contributed by atoms with Crippen LogP contribution in [0.1, 0.15) is 45.6 Å². The summed E-state index contributed by atoms with van der Waals surface area (Å²) in [6.07, 6.45) is 0.430. The molecule has 0 saturated heterocycles. The second kappa shape index (κ2) is 8.54. The lowest BCUT2D eigenvalue weighted by Crippen LogP contribution is -2.44. The fourth-order valence-electron chi connectivity index (χ4n) is 2.08. The fourth-order valence-corrected chi connectivity index (χ4v) is 2.08. The van der Waals surface area contributed by atoms with Crippen LogP contribution in [-0.4, -0.2) is 29.6 Å². The van der Waals surface area contributed by atoms with Crippen LogP contribution in [0.4, 0.5) is 5.69 Å². The third-order valence-electron chi connectivity index (χ3n) is 3.60. The summed E-state index contributed by atoms with van der Waals surface area (Å²) >= 11 is 0. The highest BCUT2D eigenvalue weighted by molar-refractivity contribution is 6.39. The zero-order valence-corrected chi connectivity index (χ0v) is 13.7. The van der Waals surface area contributed by atoms with Gasteiger partial charge in [0.1, 0.15) is 0 Å². The van der Waals surface area contributed by atoms with E-state index in [1.165, 1.54) is 5.56 Å². The van der Waals surface area contributed by atoms with Crippen molar-refractivity contribution in [1.82, 2.24) is 5.32 Å². The molecule has 1 aromatic carbocycles. The Kier molecular flexibility index (Phi) is 7.05. The highest BCUT2D eigenvalue weighted by Gasteiger charge is 2.20. The first-order chi connectivity index (χ1) is 10.3. The predicted molar refractivity (Wildman–Crippen MR) is 87.6 cm³/mol. The van der Waals surface area contributed by atoms with E-state index in [0.717, 1.165) is 0 Å². The maximum Gasteiger partial charge on any atom is 0.313 e. The molecule has 22 heavy (non-hydrogen) atoms. The fraction of sp³-hybridized carbons (Fsp3) is 0.529. The number of rotatable bonds is 6. The summed E-state index contributed by atoms with van der Waals surface area (Å²) in [6, 6.07) is 7.22. The quantitative estimate of drug-likeness (QED) is 0.705. The summed E-state index contributed by atoms with van der Waals surface area (Å²) in [5.74, 6) is -0.812. The molecule has 0 saturated carbocycles. The Morgan fingerprint density at radius 2 is 1.64 bits per heavy atom. The smallest absolute Gasteiger partial charge is 0.313 e. The van der Waals surface area contributed by atoms with E-state index in [9.17, 15) is 9.59 Å². The Morgan fingerprint density at radius 1 is 1.05 bits per heavy atom. The van der Waals surface area contributed by atoms with Crippen molar-refractivity contribution < 1.29 is 14.7 Å². The van der Waals surface area contributed by atoms with Crippen molar-refractivity contribution in [2.45, 2.75) is 46.1 Å². The average molecular weight is 306 g/mol. The van der Waals surface area contributed by atoms with Crippen LogP contribution in [0.2, 0.25) is 0 Å². The number of aliphatic hydroxyl groups is 1. The van der Waals surface area contributed by atoms with E-state index < -0.39 is 11.8 Å². The molecule has 122 valence electrons. The van der Waals surface area contributed by atoms with Gasteiger partial charge in [-0.2, -0.15) is 0 Å². The third kappa shape index (κ3) is 5.48. The lowest BCUT2D eigenvalue weighted by molar-refractivity contribution is -0.136. The minimum Gasteiger partial charge on any atom is -0.396 e. The van der Waals surface area contributed by atoms with Gasteiger partial charge in [-0.15, -0.1) is 0 Å². The van der Waals surface area contributed by atoms with E-state index in [2.05, 4.69) is 24.5 Å². The lowest BCUT2D eigenvalue weighted by Gasteiger charge is -2.21. The zero-order valence-electron chi connectivity index (χ0n) is 13.7. The highest BCUT2D eigenvalue weighted by atomic mass is 16.3. The number of carbonyl (C=O) groups is 2. The van der Waals surface area contributed by atoms with Gasteiger partial charge in [-0.3, -0.25) is 9.59 Å². The number of nitrogens with one attached hydrogen (secondary N) is 2. The summed E-state index contributed by atoms with van der Waals surface area (Å²) in [7, 11) is 0. The number of hydrogen-bond acceptors (Lipinski definition) is 3. The van der Waals surface area contributed by atoms with Gasteiger partial charge in [0.05, 0.1) is 0 Å². The Morgan fingerprint density at radius 3 is 2.09 bits per heavy atom. The van der Waals surface area contributed by atoms with Gasteiger partial charge in [-0.05, 0) is 36.0 Å². The number of benzene rings is 1. The second-order valence-electron chi connectivity index (χ2n) is 6.07. The Labute approximate surface area is 132 Å². The molecule has 3 N–H and O–H groups in total. The van der Waals surface area contributed by atoms with Crippen LogP contribution in [0.5, 0.6) is 0 Å². The Balaban J connectivity index is 2.61. The molecular formula is C17H26N2O3. The molecule has 0 aliphatic carbocycles. The molecule has 0 bridgehead atoms. The van der Waals surface area contributed by atoms with Crippen LogP contribution in [0.3, 0.4) is 0 Å². The van der Waals surface area contributed by atoms with Gasteiger partial charge in [-0.1, -0.05) is 39.8 Å². The molecule has 1 rings (SSSR count). The van der Waals surface area contributed by atoms with Crippen molar-refractivity contribution in [1.29, 1.82) is 0 Å². The van der Waals surface area contributed by atoms with Crippen molar-refractivity contribution in [3.8, 4) is 0 Å². The third-order valence-corrected chi connectivity index (χ3v) is 3.60. The van der Waals surface area contributed by atoms with Gasteiger partial charge in [-0.25, -0.2) is 0 Å². The topological polar surface area (TPSA) is 78.4 Å². The molecule has 0 aromatic heterocycles. The molecule has 0 aliphatic heterocycles. The molecule has 1 aromatic rings. The molecule has 5 heteroatoms. The Hall–Kier alpha value is -1.88. The molecule has 0 radical (unpaired) electrons. The number of carbonyl (C=O) groups excluding carboxylic acids is 2. The van der Waals surface area contributed by atoms with Crippen molar-refractivity contribution in [2.75, 3.05) is 11.9 Å². The minimum absolute atomic E-state index is 0.0264. The van der Waals surface area contributed by atoms with Gasteiger partial charge >= 0.3 is 11.8 Å². The monoisotopic (exact) mass is 306 g/mol. The molecule has 0 aliphatic rings. The molecule has 0 fully saturated rings. The van der Waals surface area contributed by atoms with Crippen molar-refractivity contribution >= 4 is 17.5 Å². The minimum atomic E-state index is -0.694. The molecule has 5 nitrogen and oxygen atoms in total. The number of hydrogen-bond donors (Lipinski definition) is 3. The second-order valence-corrected chi connectivity index (χ2v) is 6.07. The highest BCUT2D eigenvalue weighted by Crippen LogP contribution is 2.17. The van der Waals surface area contributed by atoms with E-state index in [1.54, 1.807) is 12.1 Å². The van der Waals surface area contributed by atoms with Crippen LogP contribution in [0.25, 0.3) is 0 Å². The SMILES string of the molecule is CC(C)c1ccc(NC(=O)C(=O)NC(CCO)C(C)C)cc1. The number of amides is 2. The molecule has 2 amide bonds. The summed E-state index contributed by atoms with van der Waals surface area (Å²) in [6.45, 7) is 8.02. The number of aliphatic hydroxyl groups excluding tert-OH is 1. The van der Waals surface area contributed by atoms with Crippen LogP contribution in [-0.2, 0) is 9.59 Å². The summed E-state index contributed by atoms with van der Waals surface area (Å²) in [4.78, 5) is 23.8. The van der Waals surface area contributed by atoms with Gasteiger partial charge < -0.3 is 15.7 Å². The van der Waals surface area contributed by atoms with Crippen LogP contribution in [0, 0.1) is 5.92 Å². The maximum absolute atomic E-state index is 11.9. The first-order valence-corrected chi connectivity index (χ1v) is 7.67. The summed E-state index contributed by atoms with van der Waals surface area (Å²) < 4.78 is 0. The first-order valence-electron chi connectivity index (χ1n) is 7.67. The predicted octanol–water partition coefficient (Wildman–Crippen LogP) is 2.27. The van der Waals surface area contributed by atoms with Crippen LogP contribution < -0.4 is 10.6 Å². The van der Waals surface area contributed by atoms with Gasteiger partial charge in [0.25, 0.3) is 0 Å². The van der Waals surface area contributed by atoms with Gasteiger partial charge in [0.15, 0.2) is 0 Å². The molecule has 0 heterocycles. The maximum atomic E-state index is 11.9. The van der Waals surface area contributed by atoms with E-state index in [0.29, 0.717) is 18.0 Å². The molecule has 1 unspecified atom stereocenters. The van der Waals surface area contributed by atoms with Gasteiger partial charge in [0.2, 0.25) is 0 Å². The Bertz CT molecular complexity index is 495. The summed E-state index contributed by atoms with van der Waals surface area (Å²) in [5.41, 5.74) is 1.76. The van der Waals surface area contributed by atoms with Crippen molar-refractivity contribution in [3.63, 3.8) is 0 Å². The lowest BCUT2D eigenvalue weighted by atomic mass is 10.0. The normalized spacial score (nSPS) is 12.3.